The summed E-state index contributed by atoms with van der Waals surface area (Å²) in [6, 6.07) is 11.6. The smallest absolute Gasteiger partial charge is 0.422 e. The second-order valence-corrected chi connectivity index (χ2v) is 7.85. The molecule has 2 aromatic heterocycles. The van der Waals surface area contributed by atoms with E-state index in [4.69, 9.17) is 23.2 Å². The van der Waals surface area contributed by atoms with Crippen LogP contribution in [0.2, 0.25) is 10.3 Å². The number of hydrogen-bond donors (Lipinski definition) is 4. The average Bonchev–Trinajstić information content (AvgIpc) is 2.78. The fourth-order valence-corrected chi connectivity index (χ4v) is 3.29. The van der Waals surface area contributed by atoms with Crippen LogP contribution in [0.4, 0.5) is 49.5 Å². The summed E-state index contributed by atoms with van der Waals surface area (Å²) in [5.41, 5.74) is -1.61. The van der Waals surface area contributed by atoms with Gasteiger partial charge in [0.25, 0.3) is 0 Å². The van der Waals surface area contributed by atoms with E-state index in [2.05, 4.69) is 30.6 Å². The molecule has 0 radical (unpaired) electrons. The van der Waals surface area contributed by atoms with Gasteiger partial charge in [0.1, 0.15) is 45.1 Å². The Labute approximate surface area is 220 Å². The Morgan fingerprint density at radius 2 is 1.24 bits per heavy atom. The van der Waals surface area contributed by atoms with Crippen molar-refractivity contribution in [3.05, 3.63) is 82.5 Å². The second-order valence-electron chi connectivity index (χ2n) is 7.13. The molecule has 0 fully saturated rings. The zero-order valence-corrected chi connectivity index (χ0v) is 20.0. The summed E-state index contributed by atoms with van der Waals surface area (Å²) >= 11 is 10.3. The molecule has 0 spiro atoms. The molecule has 0 saturated heterocycles. The van der Waals surface area contributed by atoms with E-state index < -0.39 is 39.6 Å². The molecule has 2 heterocycles. The van der Waals surface area contributed by atoms with E-state index in [1.54, 1.807) is 12.1 Å². The molecule has 8 nitrogen and oxygen atoms in total. The fraction of sp³-hybridized carbons (Fsp3) is 0.0909. The average molecular weight is 579 g/mol. The van der Waals surface area contributed by atoms with Crippen molar-refractivity contribution in [3.8, 4) is 11.5 Å². The Morgan fingerprint density at radius 3 is 1.68 bits per heavy atom. The molecule has 0 bridgehead atoms. The van der Waals surface area contributed by atoms with Crippen LogP contribution in [0, 0.1) is 0 Å². The third-order valence-electron chi connectivity index (χ3n) is 4.34. The maximum atomic E-state index is 13.2. The predicted molar refractivity (Wildman–Crippen MR) is 127 cm³/mol. The number of phenols is 2. The summed E-state index contributed by atoms with van der Waals surface area (Å²) in [5.74, 6) is -0.678. The number of nitrogens with one attached hydrogen (secondary N) is 2. The third kappa shape index (κ3) is 7.73. The maximum absolute atomic E-state index is 13.2. The van der Waals surface area contributed by atoms with Crippen molar-refractivity contribution >= 4 is 46.3 Å². The van der Waals surface area contributed by atoms with Crippen LogP contribution in [0.1, 0.15) is 11.1 Å². The highest BCUT2D eigenvalue weighted by Gasteiger charge is 2.37. The standard InChI is InChI=1S/C17H13F3N4O2.C5HCl2F3N2/c18-17(19,20)14-9-21-16(23-11-4-2-6-13(26)8-11)24-15(14)22-10-3-1-5-12(25)7-10;6-3-2(5(8,9)10)4(7)12-1-11-3/h1-9,25-26H,(H2,21,22,23,24);1H. The van der Waals surface area contributed by atoms with E-state index >= 15 is 0 Å². The van der Waals surface area contributed by atoms with Crippen LogP contribution in [-0.4, -0.2) is 30.1 Å². The monoisotopic (exact) mass is 578 g/mol. The lowest BCUT2D eigenvalue weighted by atomic mass is 10.2. The fourth-order valence-electron chi connectivity index (χ4n) is 2.76. The van der Waals surface area contributed by atoms with Gasteiger partial charge in [-0.1, -0.05) is 35.3 Å². The summed E-state index contributed by atoms with van der Waals surface area (Å²) in [6.45, 7) is 0. The van der Waals surface area contributed by atoms with Crippen LogP contribution >= 0.6 is 23.2 Å². The largest absolute Gasteiger partial charge is 0.508 e. The number of halogens is 8. The van der Waals surface area contributed by atoms with Gasteiger partial charge in [-0.3, -0.25) is 0 Å². The number of hydrogen-bond acceptors (Lipinski definition) is 8. The predicted octanol–water partition coefficient (Wildman–Crippen LogP) is 7.20. The number of rotatable bonds is 4. The minimum atomic E-state index is -4.66. The van der Waals surface area contributed by atoms with Gasteiger partial charge in [-0.2, -0.15) is 31.3 Å². The molecule has 4 rings (SSSR count). The lowest BCUT2D eigenvalue weighted by molar-refractivity contribution is -0.138. The van der Waals surface area contributed by atoms with E-state index in [0.29, 0.717) is 11.9 Å². The van der Waals surface area contributed by atoms with Crippen molar-refractivity contribution < 1.29 is 36.6 Å². The van der Waals surface area contributed by atoms with Gasteiger partial charge in [-0.05, 0) is 24.3 Å². The van der Waals surface area contributed by atoms with Gasteiger partial charge >= 0.3 is 12.4 Å². The van der Waals surface area contributed by atoms with Gasteiger partial charge in [0.15, 0.2) is 0 Å². The van der Waals surface area contributed by atoms with E-state index in [1.165, 1.54) is 36.4 Å². The number of phenolic OH excluding ortho intramolecular Hbond substituents is 2. The van der Waals surface area contributed by atoms with E-state index in [9.17, 15) is 36.6 Å². The molecule has 4 aromatic rings. The van der Waals surface area contributed by atoms with Crippen LogP contribution < -0.4 is 10.6 Å². The molecule has 0 aliphatic carbocycles. The van der Waals surface area contributed by atoms with Crippen molar-refractivity contribution in [3.63, 3.8) is 0 Å². The van der Waals surface area contributed by atoms with Gasteiger partial charge in [-0.25, -0.2) is 15.0 Å². The normalized spacial score (nSPS) is 11.4. The van der Waals surface area contributed by atoms with Gasteiger partial charge < -0.3 is 20.8 Å². The molecule has 38 heavy (non-hydrogen) atoms. The topological polar surface area (TPSA) is 116 Å². The Hall–Kier alpha value is -4.04. The number of anilines is 4. The van der Waals surface area contributed by atoms with Crippen molar-refractivity contribution in [2.24, 2.45) is 0 Å². The molecule has 0 amide bonds. The number of nitrogens with zero attached hydrogens (tertiary/aromatic N) is 4. The molecule has 16 heteroatoms. The first kappa shape index (κ1) is 28.5. The Balaban J connectivity index is 0.000000279. The van der Waals surface area contributed by atoms with E-state index in [-0.39, 0.29) is 23.1 Å². The van der Waals surface area contributed by atoms with Gasteiger partial charge in [0, 0.05) is 29.7 Å². The summed E-state index contributed by atoms with van der Waals surface area (Å²) < 4.78 is 75.8. The van der Waals surface area contributed by atoms with Gasteiger partial charge in [-0.15, -0.1) is 0 Å². The molecule has 0 aliphatic heterocycles. The van der Waals surface area contributed by atoms with E-state index in [1.807, 2.05) is 0 Å². The first-order valence-electron chi connectivity index (χ1n) is 10.0. The Kier molecular flexibility index (Phi) is 8.68. The van der Waals surface area contributed by atoms with Crippen molar-refractivity contribution in [2.45, 2.75) is 12.4 Å². The van der Waals surface area contributed by atoms with Crippen LogP contribution in [-0.2, 0) is 12.4 Å². The lowest BCUT2D eigenvalue weighted by Gasteiger charge is -2.15. The molecule has 200 valence electrons. The number of alkyl halides is 6. The third-order valence-corrected chi connectivity index (χ3v) is 4.92. The highest BCUT2D eigenvalue weighted by atomic mass is 35.5. The van der Waals surface area contributed by atoms with Crippen LogP contribution in [0.5, 0.6) is 11.5 Å². The molecule has 2 aromatic carbocycles. The van der Waals surface area contributed by atoms with Crippen molar-refractivity contribution in [1.29, 1.82) is 0 Å². The quantitative estimate of drug-likeness (QED) is 0.148. The first-order chi connectivity index (χ1) is 17.7. The second kappa shape index (κ2) is 11.6. The van der Waals surface area contributed by atoms with Crippen LogP contribution in [0.15, 0.2) is 61.1 Å². The summed E-state index contributed by atoms with van der Waals surface area (Å²) in [7, 11) is 0. The molecule has 0 atom stereocenters. The highest BCUT2D eigenvalue weighted by Crippen LogP contribution is 2.37. The van der Waals surface area contributed by atoms with E-state index in [0.717, 1.165) is 6.33 Å². The number of aromatic nitrogens is 4. The number of aromatic hydroxyl groups is 2. The van der Waals surface area contributed by atoms with Crippen molar-refractivity contribution in [1.82, 2.24) is 19.9 Å². The lowest BCUT2D eigenvalue weighted by Crippen LogP contribution is -2.12. The molecular formula is C22H14Cl2F6N6O2. The molecule has 0 saturated carbocycles. The highest BCUT2D eigenvalue weighted by molar-refractivity contribution is 6.34. The Morgan fingerprint density at radius 1 is 0.711 bits per heavy atom. The van der Waals surface area contributed by atoms with Crippen LogP contribution in [0.25, 0.3) is 0 Å². The molecular weight excluding hydrogens is 565 g/mol. The zero-order chi connectivity index (χ0) is 28.1. The minimum Gasteiger partial charge on any atom is -0.508 e. The summed E-state index contributed by atoms with van der Waals surface area (Å²) in [4.78, 5) is 13.9. The SMILES string of the molecule is FC(F)(F)c1c(Cl)ncnc1Cl.Oc1cccc(Nc2ncc(C(F)(F)F)c(Nc3cccc(O)c3)n2)c1. The summed E-state index contributed by atoms with van der Waals surface area (Å²) in [5, 5.41) is 22.8. The molecule has 0 unspecified atom stereocenters. The van der Waals surface area contributed by atoms with Crippen molar-refractivity contribution in [2.75, 3.05) is 10.6 Å². The maximum Gasteiger partial charge on any atom is 0.422 e. The molecule has 4 N–H and O–H groups in total. The van der Waals surface area contributed by atoms with Gasteiger partial charge in [0.05, 0.1) is 0 Å². The summed E-state index contributed by atoms with van der Waals surface area (Å²) in [6.07, 6.45) is -7.76. The molecule has 0 aliphatic rings. The van der Waals surface area contributed by atoms with Crippen LogP contribution in [0.3, 0.4) is 0 Å². The Bertz CT molecular complexity index is 1400. The number of benzene rings is 2. The minimum absolute atomic E-state index is 0.0139. The first-order valence-corrected chi connectivity index (χ1v) is 10.8. The van der Waals surface area contributed by atoms with Gasteiger partial charge in [0.2, 0.25) is 5.95 Å². The zero-order valence-electron chi connectivity index (χ0n) is 18.5.